The Bertz CT molecular complexity index is 1170. The van der Waals surface area contributed by atoms with Crippen molar-refractivity contribution < 1.29 is 33.3 Å². The van der Waals surface area contributed by atoms with Crippen LogP contribution in [0.25, 0.3) is 0 Å². The first-order chi connectivity index (χ1) is 20.0. The van der Waals surface area contributed by atoms with Crippen molar-refractivity contribution in [2.75, 3.05) is 27.4 Å². The predicted octanol–water partition coefficient (Wildman–Crippen LogP) is 6.17. The van der Waals surface area contributed by atoms with E-state index in [4.69, 9.17) is 14.2 Å². The summed E-state index contributed by atoms with van der Waals surface area (Å²) in [6, 6.07) is 12.0. The van der Waals surface area contributed by atoms with Crippen molar-refractivity contribution in [1.82, 2.24) is 0 Å². The molecule has 0 saturated carbocycles. The van der Waals surface area contributed by atoms with Crippen LogP contribution >= 0.6 is 0 Å². The van der Waals surface area contributed by atoms with Gasteiger partial charge in [-0.05, 0) is 73.8 Å². The summed E-state index contributed by atoms with van der Waals surface area (Å²) < 4.78 is 21.6. The maximum atomic E-state index is 12.3. The summed E-state index contributed by atoms with van der Waals surface area (Å²) in [5, 5.41) is 0. The molecule has 0 aromatic heterocycles. The van der Waals surface area contributed by atoms with Crippen molar-refractivity contribution in [3.05, 3.63) is 76.9 Å². The Labute approximate surface area is 244 Å². The lowest BCUT2D eigenvalue weighted by atomic mass is 9.86. The third-order valence-electron chi connectivity index (χ3n) is 7.53. The minimum atomic E-state index is -0.719. The molecule has 0 heterocycles. The van der Waals surface area contributed by atoms with Gasteiger partial charge in [-0.25, -0.2) is 4.79 Å². The Morgan fingerprint density at radius 1 is 0.927 bits per heavy atom. The summed E-state index contributed by atoms with van der Waals surface area (Å²) in [5.74, 6) is 0.391. The third kappa shape index (κ3) is 9.85. The van der Waals surface area contributed by atoms with Crippen molar-refractivity contribution in [2.24, 2.45) is 0 Å². The van der Waals surface area contributed by atoms with E-state index in [9.17, 15) is 14.4 Å². The fourth-order valence-corrected chi connectivity index (χ4v) is 5.32. The van der Waals surface area contributed by atoms with Gasteiger partial charge in [-0.15, -0.1) is 6.58 Å². The number of methoxy groups -OCH3 is 2. The van der Waals surface area contributed by atoms with E-state index in [2.05, 4.69) is 17.4 Å². The van der Waals surface area contributed by atoms with Crippen LogP contribution in [-0.2, 0) is 49.5 Å². The predicted molar refractivity (Wildman–Crippen MR) is 158 cm³/mol. The smallest absolute Gasteiger partial charge is 0.335 e. The summed E-state index contributed by atoms with van der Waals surface area (Å²) in [5.41, 5.74) is 5.37. The Hall–Kier alpha value is -3.45. The molecule has 0 amide bonds. The van der Waals surface area contributed by atoms with Crippen LogP contribution in [0, 0.1) is 0 Å². The van der Waals surface area contributed by atoms with Gasteiger partial charge in [-0.2, -0.15) is 0 Å². The number of carbonyl (C=O) groups is 3. The number of benzene rings is 2. The average Bonchev–Trinajstić information content (AvgIpc) is 2.99. The minimum Gasteiger partial charge on any atom is -0.493 e. The lowest BCUT2D eigenvalue weighted by molar-refractivity contribution is -0.154. The Morgan fingerprint density at radius 2 is 1.71 bits per heavy atom. The molecule has 1 unspecified atom stereocenters. The van der Waals surface area contributed by atoms with Gasteiger partial charge in [0.2, 0.25) is 0 Å². The second kappa shape index (κ2) is 17.4. The molecule has 1 aliphatic carbocycles. The molecule has 222 valence electrons. The lowest BCUT2D eigenvalue weighted by Crippen LogP contribution is -2.29. The van der Waals surface area contributed by atoms with E-state index in [1.807, 2.05) is 36.4 Å². The zero-order chi connectivity index (χ0) is 29.5. The largest absolute Gasteiger partial charge is 0.493 e. The van der Waals surface area contributed by atoms with E-state index < -0.39 is 12.1 Å². The van der Waals surface area contributed by atoms with Crippen LogP contribution in [0.1, 0.15) is 84.0 Å². The Kier molecular flexibility index (Phi) is 13.6. The molecule has 0 fully saturated rings. The molecule has 0 radical (unpaired) electrons. The molecule has 0 N–H and O–H groups in total. The van der Waals surface area contributed by atoms with Crippen molar-refractivity contribution in [3.8, 4) is 5.75 Å². The minimum absolute atomic E-state index is 0.230. The second-order valence-electron chi connectivity index (χ2n) is 10.4. The molecular weight excluding hydrogens is 520 g/mol. The zero-order valence-electron chi connectivity index (χ0n) is 24.6. The van der Waals surface area contributed by atoms with Crippen LogP contribution in [0.3, 0.4) is 0 Å². The highest BCUT2D eigenvalue weighted by atomic mass is 16.6. The number of Topliss-reactive ketones (excluding diaryl/α,β-unsaturated/α-hetero) is 1. The summed E-state index contributed by atoms with van der Waals surface area (Å²) in [6.07, 6.45) is 10.5. The van der Waals surface area contributed by atoms with Gasteiger partial charge in [0.15, 0.2) is 11.9 Å². The van der Waals surface area contributed by atoms with E-state index in [0.29, 0.717) is 32.3 Å². The normalized spacial score (nSPS) is 13.3. The molecule has 0 spiro atoms. The van der Waals surface area contributed by atoms with Gasteiger partial charge < -0.3 is 18.9 Å². The number of carbonyl (C=O) groups excluding carboxylic acids is 3. The fraction of sp³-hybridized carbons (Fsp3) is 0.500. The maximum Gasteiger partial charge on any atom is 0.335 e. The van der Waals surface area contributed by atoms with Gasteiger partial charge in [-0.3, -0.25) is 9.59 Å². The number of allylic oxidation sites excluding steroid dienone is 1. The van der Waals surface area contributed by atoms with Crippen LogP contribution in [0.15, 0.2) is 49.1 Å². The van der Waals surface area contributed by atoms with Crippen LogP contribution < -0.4 is 4.74 Å². The van der Waals surface area contributed by atoms with E-state index in [-0.39, 0.29) is 24.8 Å². The number of hydrogen-bond acceptors (Lipinski definition) is 7. The van der Waals surface area contributed by atoms with E-state index in [1.54, 1.807) is 0 Å². The molecule has 41 heavy (non-hydrogen) atoms. The number of rotatable bonds is 18. The molecule has 7 heteroatoms. The Balaban J connectivity index is 1.45. The van der Waals surface area contributed by atoms with Crippen molar-refractivity contribution in [2.45, 2.75) is 83.2 Å². The van der Waals surface area contributed by atoms with E-state index >= 15 is 0 Å². The molecule has 0 aliphatic heterocycles. The number of ether oxygens (including phenoxy) is 4. The molecule has 2 aromatic carbocycles. The summed E-state index contributed by atoms with van der Waals surface area (Å²) in [4.78, 5) is 36.0. The first-order valence-electron chi connectivity index (χ1n) is 14.7. The topological polar surface area (TPSA) is 88.1 Å². The lowest BCUT2D eigenvalue weighted by Gasteiger charge is -2.21. The monoisotopic (exact) mass is 564 g/mol. The van der Waals surface area contributed by atoms with Gasteiger partial charge in [0.05, 0.1) is 20.8 Å². The zero-order valence-corrected chi connectivity index (χ0v) is 24.6. The Morgan fingerprint density at radius 3 is 2.46 bits per heavy atom. The van der Waals surface area contributed by atoms with E-state index in [0.717, 1.165) is 72.9 Å². The van der Waals surface area contributed by atoms with Crippen LogP contribution in [-0.4, -0.2) is 51.3 Å². The van der Waals surface area contributed by atoms with Gasteiger partial charge in [0.25, 0.3) is 0 Å². The number of unbranched alkanes of at least 4 members (excludes halogenated alkanes) is 3. The van der Waals surface area contributed by atoms with Gasteiger partial charge in [-0.1, -0.05) is 43.2 Å². The van der Waals surface area contributed by atoms with Crippen LogP contribution in [0.4, 0.5) is 0 Å². The highest BCUT2D eigenvalue weighted by Crippen LogP contribution is 2.32. The number of fused-ring (bicyclic) bond motifs is 1. The van der Waals surface area contributed by atoms with Gasteiger partial charge >= 0.3 is 11.9 Å². The molecule has 0 bridgehead atoms. The number of ketones is 1. The molecular formula is C34H44O7. The summed E-state index contributed by atoms with van der Waals surface area (Å²) in [7, 11) is 2.71. The highest BCUT2D eigenvalue weighted by molar-refractivity contribution is 5.99. The number of esters is 2. The van der Waals surface area contributed by atoms with Crippen molar-refractivity contribution in [3.63, 3.8) is 0 Å². The average molecular weight is 565 g/mol. The molecule has 3 rings (SSSR count). The van der Waals surface area contributed by atoms with Gasteiger partial charge in [0, 0.05) is 37.0 Å². The number of hydrogen-bond donors (Lipinski definition) is 0. The van der Waals surface area contributed by atoms with Crippen molar-refractivity contribution >= 4 is 17.7 Å². The molecule has 7 nitrogen and oxygen atoms in total. The van der Waals surface area contributed by atoms with Crippen molar-refractivity contribution in [1.29, 1.82) is 0 Å². The maximum absolute atomic E-state index is 12.3. The fourth-order valence-electron chi connectivity index (χ4n) is 5.32. The van der Waals surface area contributed by atoms with Crippen LogP contribution in [0.2, 0.25) is 0 Å². The van der Waals surface area contributed by atoms with Crippen LogP contribution in [0.5, 0.6) is 5.75 Å². The molecule has 1 atom stereocenters. The third-order valence-corrected chi connectivity index (χ3v) is 7.53. The SMILES string of the molecule is C=CCc1c(OCCCCCCc2ccccc2CC(OCCCC(=O)OC)C(=O)OC)ccc2c1CCCC2=O. The molecule has 1 aliphatic rings. The number of aryl methyl sites for hydroxylation is 1. The van der Waals surface area contributed by atoms with Gasteiger partial charge in [0.1, 0.15) is 5.75 Å². The highest BCUT2D eigenvalue weighted by Gasteiger charge is 2.23. The van der Waals surface area contributed by atoms with E-state index in [1.165, 1.54) is 19.8 Å². The standard InChI is InChI=1S/C34H44O7/c1-4-13-29-27-17-11-18-30(35)28(27)20-21-31(29)40-22-10-6-5-7-14-25-15-8-9-16-26(25)24-32(34(37)39-3)41-23-12-19-33(36)38-2/h4,8-9,15-16,20-21,32H,1,5-7,10-14,17-19,22-24H2,2-3H3. The summed E-state index contributed by atoms with van der Waals surface area (Å²) in [6.45, 7) is 4.81. The molecule has 2 aromatic rings. The summed E-state index contributed by atoms with van der Waals surface area (Å²) >= 11 is 0. The first-order valence-corrected chi connectivity index (χ1v) is 14.7. The second-order valence-corrected chi connectivity index (χ2v) is 10.4. The quantitative estimate of drug-likeness (QED) is 0.122. The first kappa shape index (κ1) is 32.1. The molecule has 0 saturated heterocycles.